The van der Waals surface area contributed by atoms with Gasteiger partial charge < -0.3 is 4.57 Å². The highest BCUT2D eigenvalue weighted by atomic mass is 35.5. The molecule has 0 spiro atoms. The molecule has 3 rings (SSSR count). The number of aromatic nitrogens is 1. The molecular formula is C20H14Cl3N3O2. The van der Waals surface area contributed by atoms with E-state index in [1.807, 2.05) is 6.07 Å². The summed E-state index contributed by atoms with van der Waals surface area (Å²) in [6.07, 6.45) is 2.93. The van der Waals surface area contributed by atoms with E-state index in [4.69, 9.17) is 34.8 Å². The standard InChI is InChI=1S/C20H14Cl3N3O2/c21-14-5-1-4-13(10-14)12-26-9-3-6-15(20(26)28)19(27)25-24-11-16-17(22)7-2-8-18(16)23/h1-11H,12H2,(H,25,27)/b24-11-. The third-order valence-corrected chi connectivity index (χ3v) is 4.76. The van der Waals surface area contributed by atoms with Crippen LogP contribution in [0.4, 0.5) is 0 Å². The van der Waals surface area contributed by atoms with Crippen LogP contribution < -0.4 is 11.0 Å². The third kappa shape index (κ3) is 4.81. The summed E-state index contributed by atoms with van der Waals surface area (Å²) in [6, 6.07) is 15.2. The van der Waals surface area contributed by atoms with Gasteiger partial charge in [0.25, 0.3) is 11.5 Å². The minimum absolute atomic E-state index is 0.0352. The Morgan fingerprint density at radius 3 is 2.46 bits per heavy atom. The second-order valence-corrected chi connectivity index (χ2v) is 7.07. The molecule has 0 fully saturated rings. The molecule has 28 heavy (non-hydrogen) atoms. The van der Waals surface area contributed by atoms with E-state index in [1.165, 1.54) is 16.8 Å². The van der Waals surface area contributed by atoms with Gasteiger partial charge in [-0.25, -0.2) is 5.43 Å². The van der Waals surface area contributed by atoms with Crippen LogP contribution in [0.15, 0.2) is 70.7 Å². The molecular weight excluding hydrogens is 421 g/mol. The van der Waals surface area contributed by atoms with Gasteiger partial charge in [0.05, 0.1) is 22.8 Å². The van der Waals surface area contributed by atoms with E-state index < -0.39 is 11.5 Å². The molecule has 0 atom stereocenters. The molecule has 3 aromatic rings. The summed E-state index contributed by atoms with van der Waals surface area (Å²) in [6.45, 7) is 0.291. The molecule has 0 saturated heterocycles. The highest BCUT2D eigenvalue weighted by Crippen LogP contribution is 2.22. The van der Waals surface area contributed by atoms with Crippen molar-refractivity contribution in [2.75, 3.05) is 0 Å². The number of carbonyl (C=O) groups excluding carboxylic acids is 1. The zero-order valence-electron chi connectivity index (χ0n) is 14.4. The normalized spacial score (nSPS) is 11.0. The van der Waals surface area contributed by atoms with E-state index in [-0.39, 0.29) is 5.56 Å². The fourth-order valence-electron chi connectivity index (χ4n) is 2.52. The lowest BCUT2D eigenvalue weighted by molar-refractivity contribution is 0.0953. The van der Waals surface area contributed by atoms with E-state index in [9.17, 15) is 9.59 Å². The first-order valence-electron chi connectivity index (χ1n) is 8.17. The molecule has 0 unspecified atom stereocenters. The van der Waals surface area contributed by atoms with Gasteiger partial charge >= 0.3 is 0 Å². The summed E-state index contributed by atoms with van der Waals surface area (Å²) in [5, 5.41) is 5.22. The number of nitrogens with zero attached hydrogens (tertiary/aromatic N) is 2. The Balaban J connectivity index is 1.77. The summed E-state index contributed by atoms with van der Waals surface area (Å²) in [5.74, 6) is -0.634. The van der Waals surface area contributed by atoms with Crippen LogP contribution in [0.25, 0.3) is 0 Å². The first kappa shape index (κ1) is 20.1. The second kappa shape index (κ2) is 9.06. The van der Waals surface area contributed by atoms with Crippen LogP contribution in [-0.4, -0.2) is 16.7 Å². The smallest absolute Gasteiger partial charge is 0.276 e. The van der Waals surface area contributed by atoms with Crippen LogP contribution in [0.3, 0.4) is 0 Å². The largest absolute Gasteiger partial charge is 0.310 e. The number of amides is 1. The predicted molar refractivity (Wildman–Crippen MR) is 113 cm³/mol. The number of nitrogens with one attached hydrogen (secondary N) is 1. The molecule has 0 aliphatic heterocycles. The van der Waals surface area contributed by atoms with E-state index >= 15 is 0 Å². The van der Waals surface area contributed by atoms with Crippen LogP contribution in [0.5, 0.6) is 0 Å². The average molecular weight is 435 g/mol. The molecule has 0 aliphatic carbocycles. The highest BCUT2D eigenvalue weighted by molar-refractivity contribution is 6.38. The lowest BCUT2D eigenvalue weighted by atomic mass is 10.2. The number of pyridine rings is 1. The van der Waals surface area contributed by atoms with Gasteiger partial charge in [-0.2, -0.15) is 5.10 Å². The Labute approximate surface area is 176 Å². The van der Waals surface area contributed by atoms with Crippen LogP contribution in [0.2, 0.25) is 15.1 Å². The lowest BCUT2D eigenvalue weighted by Gasteiger charge is -2.08. The minimum Gasteiger partial charge on any atom is -0.310 e. The molecule has 1 heterocycles. The molecule has 8 heteroatoms. The lowest BCUT2D eigenvalue weighted by Crippen LogP contribution is -2.30. The molecule has 0 radical (unpaired) electrons. The fourth-order valence-corrected chi connectivity index (χ4v) is 3.22. The molecule has 142 valence electrons. The molecule has 0 aliphatic rings. The zero-order chi connectivity index (χ0) is 20.1. The Bertz CT molecular complexity index is 1090. The van der Waals surface area contributed by atoms with Crippen LogP contribution >= 0.6 is 34.8 Å². The third-order valence-electron chi connectivity index (χ3n) is 3.87. The number of benzene rings is 2. The van der Waals surface area contributed by atoms with Crippen molar-refractivity contribution >= 4 is 46.9 Å². The molecule has 2 aromatic carbocycles. The van der Waals surface area contributed by atoms with E-state index in [0.717, 1.165) is 5.56 Å². The van der Waals surface area contributed by atoms with Gasteiger partial charge in [-0.1, -0.05) is 53.0 Å². The van der Waals surface area contributed by atoms with Crippen molar-refractivity contribution in [3.05, 3.63) is 103 Å². The topological polar surface area (TPSA) is 63.5 Å². The summed E-state index contributed by atoms with van der Waals surface area (Å²) in [5.41, 5.74) is 3.16. The first-order chi connectivity index (χ1) is 13.5. The van der Waals surface area contributed by atoms with Crippen LogP contribution in [-0.2, 0) is 6.54 Å². The zero-order valence-corrected chi connectivity index (χ0v) is 16.7. The number of rotatable bonds is 5. The van der Waals surface area contributed by atoms with Crippen molar-refractivity contribution in [1.29, 1.82) is 0 Å². The average Bonchev–Trinajstić information content (AvgIpc) is 2.66. The van der Waals surface area contributed by atoms with Crippen molar-refractivity contribution in [2.24, 2.45) is 5.10 Å². The molecule has 1 N–H and O–H groups in total. The molecule has 0 saturated carbocycles. The molecule has 1 aromatic heterocycles. The maximum atomic E-state index is 12.6. The summed E-state index contributed by atoms with van der Waals surface area (Å²) < 4.78 is 1.43. The van der Waals surface area contributed by atoms with Crippen LogP contribution in [0, 0.1) is 0 Å². The van der Waals surface area contributed by atoms with Crippen molar-refractivity contribution < 1.29 is 4.79 Å². The Morgan fingerprint density at radius 1 is 1.04 bits per heavy atom. The number of hydrazone groups is 1. The number of hydrogen-bond acceptors (Lipinski definition) is 3. The van der Waals surface area contributed by atoms with Crippen molar-refractivity contribution in [2.45, 2.75) is 6.54 Å². The molecule has 1 amide bonds. The number of carbonyl (C=O) groups is 1. The Hall–Kier alpha value is -2.60. The van der Waals surface area contributed by atoms with Gasteiger partial charge in [0.2, 0.25) is 0 Å². The minimum atomic E-state index is -0.634. The Kier molecular flexibility index (Phi) is 6.52. The quantitative estimate of drug-likeness (QED) is 0.470. The van der Waals surface area contributed by atoms with Gasteiger partial charge in [-0.3, -0.25) is 9.59 Å². The maximum absolute atomic E-state index is 12.6. The van der Waals surface area contributed by atoms with Gasteiger partial charge in [0.1, 0.15) is 5.56 Å². The second-order valence-electron chi connectivity index (χ2n) is 5.82. The molecule has 5 nitrogen and oxygen atoms in total. The fraction of sp³-hybridized carbons (Fsp3) is 0.0500. The molecule has 0 bridgehead atoms. The van der Waals surface area contributed by atoms with Crippen molar-refractivity contribution in [3.63, 3.8) is 0 Å². The SMILES string of the molecule is O=C(N/N=C\c1c(Cl)cccc1Cl)c1cccn(Cc2cccc(Cl)c2)c1=O. The van der Waals surface area contributed by atoms with Crippen LogP contribution in [0.1, 0.15) is 21.5 Å². The number of halogens is 3. The van der Waals surface area contributed by atoms with E-state index in [2.05, 4.69) is 10.5 Å². The van der Waals surface area contributed by atoms with Gasteiger partial charge in [-0.15, -0.1) is 0 Å². The summed E-state index contributed by atoms with van der Waals surface area (Å²) in [7, 11) is 0. The van der Waals surface area contributed by atoms with Crippen molar-refractivity contribution in [1.82, 2.24) is 9.99 Å². The van der Waals surface area contributed by atoms with Crippen molar-refractivity contribution in [3.8, 4) is 0 Å². The van der Waals surface area contributed by atoms with E-state index in [0.29, 0.717) is 27.2 Å². The Morgan fingerprint density at radius 2 is 1.75 bits per heavy atom. The first-order valence-corrected chi connectivity index (χ1v) is 9.30. The summed E-state index contributed by atoms with van der Waals surface area (Å²) in [4.78, 5) is 25.0. The predicted octanol–water partition coefficient (Wildman–Crippen LogP) is 4.62. The monoisotopic (exact) mass is 433 g/mol. The maximum Gasteiger partial charge on any atom is 0.276 e. The van der Waals surface area contributed by atoms with Gasteiger partial charge in [0, 0.05) is 16.8 Å². The van der Waals surface area contributed by atoms with Gasteiger partial charge in [0.15, 0.2) is 0 Å². The van der Waals surface area contributed by atoms with E-state index in [1.54, 1.807) is 48.7 Å². The summed E-state index contributed by atoms with van der Waals surface area (Å²) >= 11 is 18.1. The highest BCUT2D eigenvalue weighted by Gasteiger charge is 2.12. The number of hydrogen-bond donors (Lipinski definition) is 1. The van der Waals surface area contributed by atoms with Gasteiger partial charge in [-0.05, 0) is 42.0 Å².